The molecule has 5 nitrogen and oxygen atoms in total. The van der Waals surface area contributed by atoms with Crippen molar-refractivity contribution >= 4 is 46.0 Å². The van der Waals surface area contributed by atoms with Gasteiger partial charge in [-0.05, 0) is 47.5 Å². The van der Waals surface area contributed by atoms with Gasteiger partial charge in [-0.2, -0.15) is 0 Å². The Labute approximate surface area is 183 Å². The Morgan fingerprint density at radius 1 is 0.900 bits per heavy atom. The molecule has 3 aromatic rings. The molecule has 1 saturated heterocycles. The van der Waals surface area contributed by atoms with E-state index in [0.29, 0.717) is 31.2 Å². The lowest BCUT2D eigenvalue weighted by Crippen LogP contribution is -2.26. The van der Waals surface area contributed by atoms with Crippen LogP contribution in [0.4, 0.5) is 0 Å². The summed E-state index contributed by atoms with van der Waals surface area (Å²) < 4.78 is 12.4. The van der Waals surface area contributed by atoms with Gasteiger partial charge in [-0.15, -0.1) is 0 Å². The first-order chi connectivity index (χ1) is 14.5. The Hall–Kier alpha value is -2.44. The molecule has 30 heavy (non-hydrogen) atoms. The van der Waals surface area contributed by atoms with Gasteiger partial charge in [0.05, 0.1) is 25.3 Å². The fourth-order valence-corrected chi connectivity index (χ4v) is 3.97. The number of ketones is 1. The van der Waals surface area contributed by atoms with Crippen molar-refractivity contribution in [1.82, 2.24) is 4.57 Å². The van der Waals surface area contributed by atoms with Gasteiger partial charge in [0.25, 0.3) is 5.56 Å². The number of hydrogen-bond acceptors (Lipinski definition) is 4. The molecule has 0 N–H and O–H groups in total. The second kappa shape index (κ2) is 9.14. The second-order valence-corrected chi connectivity index (χ2v) is 7.73. The molecule has 154 valence electrons. The fourth-order valence-electron chi connectivity index (χ4n) is 3.48. The summed E-state index contributed by atoms with van der Waals surface area (Å²) in [6, 6.07) is 14.4. The van der Waals surface area contributed by atoms with E-state index in [4.69, 9.17) is 32.7 Å². The van der Waals surface area contributed by atoms with Gasteiger partial charge in [-0.25, -0.2) is 0 Å². The van der Waals surface area contributed by atoms with E-state index >= 15 is 0 Å². The summed E-state index contributed by atoms with van der Waals surface area (Å²) in [5.74, 6) is 0.143. The van der Waals surface area contributed by atoms with Crippen molar-refractivity contribution < 1.29 is 14.3 Å². The first kappa shape index (κ1) is 20.8. The van der Waals surface area contributed by atoms with Crippen LogP contribution in [-0.4, -0.2) is 29.9 Å². The summed E-state index contributed by atoms with van der Waals surface area (Å²) in [5.41, 5.74) is 2.73. The summed E-state index contributed by atoms with van der Waals surface area (Å²) in [6.45, 7) is 1.53. The number of carbonyl (C=O) groups excluding carboxylic acids is 1. The van der Waals surface area contributed by atoms with Crippen molar-refractivity contribution in [2.75, 3.05) is 13.2 Å². The zero-order valence-electron chi connectivity index (χ0n) is 16.0. The van der Waals surface area contributed by atoms with Crippen LogP contribution in [0.3, 0.4) is 0 Å². The van der Waals surface area contributed by atoms with E-state index in [-0.39, 0.29) is 17.6 Å². The Balaban J connectivity index is 0.000000158. The first-order valence-electron chi connectivity index (χ1n) is 9.52. The Morgan fingerprint density at radius 3 is 2.43 bits per heavy atom. The van der Waals surface area contributed by atoms with Crippen molar-refractivity contribution in [2.45, 2.75) is 19.3 Å². The fraction of sp³-hybridized carbons (Fsp3) is 0.217. The minimum absolute atomic E-state index is 0.0798. The lowest BCUT2D eigenvalue weighted by Gasteiger charge is -2.14. The zero-order valence-corrected chi connectivity index (χ0v) is 17.5. The third kappa shape index (κ3) is 4.50. The van der Waals surface area contributed by atoms with Crippen molar-refractivity contribution in [1.29, 1.82) is 0 Å². The van der Waals surface area contributed by atoms with Gasteiger partial charge < -0.3 is 14.0 Å². The molecule has 1 aliphatic heterocycles. The van der Waals surface area contributed by atoms with E-state index in [1.54, 1.807) is 28.9 Å². The maximum absolute atomic E-state index is 11.9. The van der Waals surface area contributed by atoms with Gasteiger partial charge in [0.2, 0.25) is 0 Å². The average molecular weight is 444 g/mol. The summed E-state index contributed by atoms with van der Waals surface area (Å²) in [4.78, 5) is 22.9. The van der Waals surface area contributed by atoms with Crippen molar-refractivity contribution in [3.63, 3.8) is 0 Å². The molecule has 2 heterocycles. The van der Waals surface area contributed by atoms with Gasteiger partial charge in [-0.1, -0.05) is 41.4 Å². The third-order valence-electron chi connectivity index (χ3n) is 4.95. The van der Waals surface area contributed by atoms with Gasteiger partial charge in [-0.3, -0.25) is 9.59 Å². The van der Waals surface area contributed by atoms with Crippen LogP contribution in [0.2, 0.25) is 10.0 Å². The maximum Gasteiger partial charge on any atom is 0.251 e. The molecule has 1 aliphatic carbocycles. The highest BCUT2D eigenvalue weighted by Gasteiger charge is 2.18. The van der Waals surface area contributed by atoms with Gasteiger partial charge in [0, 0.05) is 27.9 Å². The zero-order chi connectivity index (χ0) is 21.1. The number of nitrogens with zero attached hydrogens (tertiary/aromatic N) is 1. The molecule has 0 amide bonds. The molecule has 1 aromatic heterocycles. The molecule has 2 aromatic carbocycles. The van der Waals surface area contributed by atoms with Crippen LogP contribution in [-0.2, 0) is 27.2 Å². The molecule has 0 saturated carbocycles. The van der Waals surface area contributed by atoms with Crippen molar-refractivity contribution in [3.05, 3.63) is 86.1 Å². The number of benzene rings is 2. The molecule has 5 rings (SSSR count). The van der Waals surface area contributed by atoms with Crippen molar-refractivity contribution in [3.8, 4) is 0 Å². The predicted molar refractivity (Wildman–Crippen MR) is 118 cm³/mol. The molecular weight excluding hydrogens is 425 g/mol. The minimum Gasteiger partial charge on any atom is -0.348 e. The number of aromatic nitrogens is 1. The summed E-state index contributed by atoms with van der Waals surface area (Å²) in [5, 5.41) is 2.21. The van der Waals surface area contributed by atoms with E-state index < -0.39 is 0 Å². The standard InChI is InChI=1S/C13H12ClNO3.C10H7ClO/c14-10-2-1-3-11-9(10)4-5-12(16)15(11)8-13-17-6-7-18-13;11-10-3-1-2-7-6-8(12)4-5-9(7)10/h1-5,13H,6-8H2;1-5H,6H2. The number of allylic oxidation sites excluding steroid dienone is 1. The third-order valence-corrected chi connectivity index (χ3v) is 5.60. The molecular formula is C23H19Cl2NO4. The Bertz CT molecular complexity index is 1180. The molecule has 1 fully saturated rings. The van der Waals surface area contributed by atoms with Crippen LogP contribution in [0.15, 0.2) is 59.4 Å². The SMILES string of the molecule is O=C1C=Cc2c(Cl)cccc2C1.O=c1ccc2c(Cl)cccc2n1CC1OCCO1. The van der Waals surface area contributed by atoms with Crippen LogP contribution in [0.5, 0.6) is 0 Å². The topological polar surface area (TPSA) is 57.5 Å². The first-order valence-corrected chi connectivity index (χ1v) is 10.3. The summed E-state index contributed by atoms with van der Waals surface area (Å²) in [6.07, 6.45) is 3.48. The van der Waals surface area contributed by atoms with Gasteiger partial charge >= 0.3 is 0 Å². The van der Waals surface area contributed by atoms with E-state index in [1.807, 2.05) is 30.3 Å². The molecule has 0 atom stereocenters. The lowest BCUT2D eigenvalue weighted by molar-refractivity contribution is -0.114. The van der Waals surface area contributed by atoms with Crippen LogP contribution < -0.4 is 5.56 Å². The number of pyridine rings is 1. The van der Waals surface area contributed by atoms with E-state index in [0.717, 1.165) is 27.1 Å². The van der Waals surface area contributed by atoms with E-state index in [9.17, 15) is 9.59 Å². The molecule has 0 spiro atoms. The molecule has 0 bridgehead atoms. The van der Waals surface area contributed by atoms with Gasteiger partial charge in [0.1, 0.15) is 0 Å². The highest BCUT2D eigenvalue weighted by atomic mass is 35.5. The number of carbonyl (C=O) groups is 1. The lowest BCUT2D eigenvalue weighted by atomic mass is 9.97. The number of ether oxygens (including phenoxy) is 2. The Kier molecular flexibility index (Phi) is 6.35. The predicted octanol–water partition coefficient (Wildman–Crippen LogP) is 4.51. The molecule has 0 radical (unpaired) electrons. The second-order valence-electron chi connectivity index (χ2n) is 6.92. The Morgan fingerprint density at radius 2 is 1.63 bits per heavy atom. The maximum atomic E-state index is 11.9. The molecule has 0 unspecified atom stereocenters. The largest absolute Gasteiger partial charge is 0.348 e. The van der Waals surface area contributed by atoms with Crippen LogP contribution >= 0.6 is 23.2 Å². The highest BCUT2D eigenvalue weighted by molar-refractivity contribution is 6.35. The van der Waals surface area contributed by atoms with Crippen LogP contribution in [0.1, 0.15) is 11.1 Å². The molecule has 7 heteroatoms. The summed E-state index contributed by atoms with van der Waals surface area (Å²) >= 11 is 12.0. The van der Waals surface area contributed by atoms with Crippen molar-refractivity contribution in [2.24, 2.45) is 0 Å². The number of rotatable bonds is 2. The minimum atomic E-state index is -0.354. The molecule has 2 aliphatic rings. The normalized spacial score (nSPS) is 15.7. The summed E-state index contributed by atoms with van der Waals surface area (Å²) in [7, 11) is 0. The monoisotopic (exact) mass is 443 g/mol. The van der Waals surface area contributed by atoms with E-state index in [2.05, 4.69) is 0 Å². The highest BCUT2D eigenvalue weighted by Crippen LogP contribution is 2.25. The van der Waals surface area contributed by atoms with E-state index in [1.165, 1.54) is 6.07 Å². The average Bonchev–Trinajstić information content (AvgIpc) is 3.24. The number of hydrogen-bond donors (Lipinski definition) is 0. The quantitative estimate of drug-likeness (QED) is 0.584. The number of fused-ring (bicyclic) bond motifs is 2. The van der Waals surface area contributed by atoms with Gasteiger partial charge in [0.15, 0.2) is 12.1 Å². The smallest absolute Gasteiger partial charge is 0.251 e. The van der Waals surface area contributed by atoms with Crippen LogP contribution in [0.25, 0.3) is 17.0 Å². The van der Waals surface area contributed by atoms with Crippen LogP contribution in [0, 0.1) is 0 Å². The number of halogens is 2.